The summed E-state index contributed by atoms with van der Waals surface area (Å²) in [6.45, 7) is 0.413. The molecule has 0 atom stereocenters. The van der Waals surface area contributed by atoms with Crippen LogP contribution >= 0.6 is 11.8 Å². The number of fused-ring (bicyclic) bond motifs is 1. The van der Waals surface area contributed by atoms with Crippen molar-refractivity contribution >= 4 is 28.8 Å². The van der Waals surface area contributed by atoms with E-state index in [4.69, 9.17) is 4.74 Å². The molecular formula is C18H18N4O3S. The third-order valence-electron chi connectivity index (χ3n) is 3.78. The van der Waals surface area contributed by atoms with Crippen molar-refractivity contribution in [2.24, 2.45) is 7.05 Å². The summed E-state index contributed by atoms with van der Waals surface area (Å²) in [6, 6.07) is 11.0. The Balaban J connectivity index is 1.61. The number of hydrogen-bond acceptors (Lipinski definition) is 6. The molecular weight excluding hydrogens is 352 g/mol. The van der Waals surface area contributed by atoms with Crippen LogP contribution < -0.4 is 15.6 Å². The fourth-order valence-corrected chi connectivity index (χ4v) is 3.15. The monoisotopic (exact) mass is 370 g/mol. The van der Waals surface area contributed by atoms with E-state index in [1.165, 1.54) is 4.57 Å². The molecule has 2 aromatic heterocycles. The molecule has 0 unspecified atom stereocenters. The molecule has 0 spiro atoms. The average molecular weight is 370 g/mol. The number of ether oxygens (including phenoxy) is 1. The molecule has 0 saturated heterocycles. The number of nitrogens with zero attached hydrogens (tertiary/aromatic N) is 3. The predicted octanol–water partition coefficient (Wildman–Crippen LogP) is 1.75. The molecule has 0 aliphatic carbocycles. The highest BCUT2D eigenvalue weighted by atomic mass is 32.2. The van der Waals surface area contributed by atoms with Gasteiger partial charge in [0.25, 0.3) is 5.56 Å². The Morgan fingerprint density at radius 2 is 2.04 bits per heavy atom. The standard InChI is InChI=1S/C18H18N4O3S/c1-22-16-14(4-3-9-19-16)21-17(18(22)24)26-11-15(23)20-10-12-5-7-13(25-2)8-6-12/h3-9H,10-11H2,1-2H3,(H,20,23). The molecule has 3 rings (SSSR count). The molecule has 26 heavy (non-hydrogen) atoms. The molecule has 0 saturated carbocycles. The number of thioether (sulfide) groups is 1. The maximum Gasteiger partial charge on any atom is 0.284 e. The maximum absolute atomic E-state index is 12.3. The van der Waals surface area contributed by atoms with E-state index in [1.54, 1.807) is 32.5 Å². The number of methoxy groups -OCH3 is 1. The second-order valence-electron chi connectivity index (χ2n) is 5.54. The van der Waals surface area contributed by atoms with Gasteiger partial charge in [0.2, 0.25) is 5.91 Å². The van der Waals surface area contributed by atoms with Crippen LogP contribution in [0.5, 0.6) is 5.75 Å². The normalized spacial score (nSPS) is 10.7. The minimum absolute atomic E-state index is 0.115. The number of benzene rings is 1. The minimum Gasteiger partial charge on any atom is -0.497 e. The number of rotatable bonds is 6. The summed E-state index contributed by atoms with van der Waals surface area (Å²) in [6.07, 6.45) is 1.61. The summed E-state index contributed by atoms with van der Waals surface area (Å²) in [5, 5.41) is 3.11. The number of aryl methyl sites for hydroxylation is 1. The van der Waals surface area contributed by atoms with E-state index in [0.29, 0.717) is 17.7 Å². The third-order valence-corrected chi connectivity index (χ3v) is 4.73. The van der Waals surface area contributed by atoms with Crippen LogP contribution in [-0.2, 0) is 18.4 Å². The first-order valence-corrected chi connectivity index (χ1v) is 8.91. The summed E-state index contributed by atoms with van der Waals surface area (Å²) >= 11 is 1.12. The van der Waals surface area contributed by atoms with Gasteiger partial charge in [0.05, 0.1) is 12.9 Å². The van der Waals surface area contributed by atoms with Gasteiger partial charge in [-0.15, -0.1) is 0 Å². The molecule has 0 bridgehead atoms. The molecule has 1 aromatic carbocycles. The Kier molecular flexibility index (Phi) is 5.52. The van der Waals surface area contributed by atoms with Crippen LogP contribution in [0.15, 0.2) is 52.4 Å². The molecule has 1 N–H and O–H groups in total. The van der Waals surface area contributed by atoms with Gasteiger partial charge in [-0.05, 0) is 29.8 Å². The first kappa shape index (κ1) is 17.9. The maximum atomic E-state index is 12.3. The number of amides is 1. The first-order valence-electron chi connectivity index (χ1n) is 7.92. The second-order valence-corrected chi connectivity index (χ2v) is 6.50. The number of carbonyl (C=O) groups excluding carboxylic acids is 1. The summed E-state index contributed by atoms with van der Waals surface area (Å²) in [5.41, 5.74) is 1.85. The van der Waals surface area contributed by atoms with E-state index in [9.17, 15) is 9.59 Å². The highest BCUT2D eigenvalue weighted by Crippen LogP contribution is 2.15. The van der Waals surface area contributed by atoms with Gasteiger partial charge < -0.3 is 10.1 Å². The number of carbonyl (C=O) groups is 1. The molecule has 2 heterocycles. The van der Waals surface area contributed by atoms with Crippen LogP contribution in [0.1, 0.15) is 5.56 Å². The van der Waals surface area contributed by atoms with Gasteiger partial charge in [-0.1, -0.05) is 23.9 Å². The van der Waals surface area contributed by atoms with E-state index in [0.717, 1.165) is 23.1 Å². The van der Waals surface area contributed by atoms with Gasteiger partial charge in [0.1, 0.15) is 11.3 Å². The van der Waals surface area contributed by atoms with Gasteiger partial charge in [0.15, 0.2) is 10.7 Å². The zero-order valence-electron chi connectivity index (χ0n) is 14.4. The summed E-state index contributed by atoms with van der Waals surface area (Å²) in [7, 11) is 3.25. The van der Waals surface area contributed by atoms with Crippen LogP contribution in [0.4, 0.5) is 0 Å². The molecule has 0 aliphatic heterocycles. The average Bonchev–Trinajstić information content (AvgIpc) is 2.68. The van der Waals surface area contributed by atoms with Crippen molar-refractivity contribution in [3.8, 4) is 5.75 Å². The molecule has 1 amide bonds. The summed E-state index contributed by atoms with van der Waals surface area (Å²) in [5.74, 6) is 0.716. The van der Waals surface area contributed by atoms with E-state index in [1.807, 2.05) is 24.3 Å². The molecule has 8 heteroatoms. The van der Waals surface area contributed by atoms with Gasteiger partial charge in [-0.3, -0.25) is 14.2 Å². The van der Waals surface area contributed by atoms with Crippen molar-refractivity contribution < 1.29 is 9.53 Å². The second kappa shape index (κ2) is 8.01. The van der Waals surface area contributed by atoms with E-state index < -0.39 is 0 Å². The molecule has 3 aromatic rings. The topological polar surface area (TPSA) is 86.1 Å². The van der Waals surface area contributed by atoms with Crippen molar-refractivity contribution in [2.45, 2.75) is 11.6 Å². The largest absolute Gasteiger partial charge is 0.497 e. The highest BCUT2D eigenvalue weighted by Gasteiger charge is 2.11. The van der Waals surface area contributed by atoms with E-state index in [-0.39, 0.29) is 22.2 Å². The molecule has 134 valence electrons. The highest BCUT2D eigenvalue weighted by molar-refractivity contribution is 7.99. The van der Waals surface area contributed by atoms with Crippen molar-refractivity contribution in [1.29, 1.82) is 0 Å². The van der Waals surface area contributed by atoms with Crippen molar-refractivity contribution in [3.63, 3.8) is 0 Å². The SMILES string of the molecule is COc1ccc(CNC(=O)CSc2nc3cccnc3n(C)c2=O)cc1. The Morgan fingerprint density at radius 1 is 1.27 bits per heavy atom. The molecule has 0 fully saturated rings. The lowest BCUT2D eigenvalue weighted by molar-refractivity contribution is -0.118. The molecule has 0 aliphatic rings. The predicted molar refractivity (Wildman–Crippen MR) is 100 cm³/mol. The Labute approximate surface area is 154 Å². The number of nitrogens with one attached hydrogen (secondary N) is 1. The fraction of sp³-hybridized carbons (Fsp3) is 0.222. The number of hydrogen-bond donors (Lipinski definition) is 1. The van der Waals surface area contributed by atoms with Crippen LogP contribution in [0.25, 0.3) is 11.2 Å². The van der Waals surface area contributed by atoms with Crippen LogP contribution in [-0.4, -0.2) is 33.3 Å². The molecule has 0 radical (unpaired) electrons. The summed E-state index contributed by atoms with van der Waals surface area (Å²) < 4.78 is 6.54. The fourth-order valence-electron chi connectivity index (χ4n) is 2.35. The van der Waals surface area contributed by atoms with Crippen LogP contribution in [0, 0.1) is 0 Å². The Bertz CT molecular complexity index is 986. The quantitative estimate of drug-likeness (QED) is 0.665. The molecule has 7 nitrogen and oxygen atoms in total. The number of pyridine rings is 1. The third kappa shape index (κ3) is 4.02. The lowest BCUT2D eigenvalue weighted by Gasteiger charge is -2.08. The Morgan fingerprint density at radius 3 is 2.77 bits per heavy atom. The van der Waals surface area contributed by atoms with E-state index >= 15 is 0 Å². The van der Waals surface area contributed by atoms with Gasteiger partial charge in [-0.2, -0.15) is 0 Å². The van der Waals surface area contributed by atoms with Crippen LogP contribution in [0.3, 0.4) is 0 Å². The van der Waals surface area contributed by atoms with Gasteiger partial charge in [0, 0.05) is 19.8 Å². The lowest BCUT2D eigenvalue weighted by Crippen LogP contribution is -2.26. The van der Waals surface area contributed by atoms with Crippen molar-refractivity contribution in [2.75, 3.05) is 12.9 Å². The first-order chi connectivity index (χ1) is 12.6. The zero-order chi connectivity index (χ0) is 18.5. The van der Waals surface area contributed by atoms with Crippen LogP contribution in [0.2, 0.25) is 0 Å². The smallest absolute Gasteiger partial charge is 0.284 e. The lowest BCUT2D eigenvalue weighted by atomic mass is 10.2. The van der Waals surface area contributed by atoms with Gasteiger partial charge >= 0.3 is 0 Å². The summed E-state index contributed by atoms with van der Waals surface area (Å²) in [4.78, 5) is 32.9. The van der Waals surface area contributed by atoms with Crippen molar-refractivity contribution in [3.05, 3.63) is 58.5 Å². The number of aromatic nitrogens is 3. The Hall–Kier alpha value is -2.87. The van der Waals surface area contributed by atoms with Crippen molar-refractivity contribution in [1.82, 2.24) is 19.9 Å². The minimum atomic E-state index is -0.260. The van der Waals surface area contributed by atoms with Gasteiger partial charge in [-0.25, -0.2) is 9.97 Å². The van der Waals surface area contributed by atoms with E-state index in [2.05, 4.69) is 15.3 Å². The zero-order valence-corrected chi connectivity index (χ0v) is 15.2.